The normalized spacial score (nSPS) is 18.4. The van der Waals surface area contributed by atoms with E-state index in [4.69, 9.17) is 9.47 Å². The van der Waals surface area contributed by atoms with Gasteiger partial charge in [-0.15, -0.1) is 0 Å². The van der Waals surface area contributed by atoms with Crippen LogP contribution in [0.3, 0.4) is 0 Å². The van der Waals surface area contributed by atoms with E-state index in [1.54, 1.807) is 23.1 Å². The van der Waals surface area contributed by atoms with Crippen LogP contribution in [0.4, 0.5) is 4.39 Å². The molecule has 0 bridgehead atoms. The van der Waals surface area contributed by atoms with Crippen molar-refractivity contribution in [2.75, 3.05) is 26.8 Å². The summed E-state index contributed by atoms with van der Waals surface area (Å²) >= 11 is 1.99. The van der Waals surface area contributed by atoms with Crippen LogP contribution >= 0.6 is 22.6 Å². The Morgan fingerprint density at radius 2 is 2.05 bits per heavy atom. The number of hydrogen-bond acceptors (Lipinski definition) is 7. The second-order valence-electron chi connectivity index (χ2n) is 9.38. The zero-order chi connectivity index (χ0) is 29.2. The van der Waals surface area contributed by atoms with Crippen LogP contribution in [0.5, 0.6) is 11.5 Å². The van der Waals surface area contributed by atoms with E-state index in [-0.39, 0.29) is 61.3 Å². The Labute approximate surface area is 246 Å². The number of aliphatic hydroxyl groups excluding tert-OH is 2. The molecule has 2 aromatic rings. The van der Waals surface area contributed by atoms with E-state index in [1.807, 2.05) is 29.5 Å². The lowest BCUT2D eigenvalue weighted by Crippen LogP contribution is -2.55. The van der Waals surface area contributed by atoms with Crippen molar-refractivity contribution in [2.24, 2.45) is 0 Å². The Bertz CT molecular complexity index is 1240. The van der Waals surface area contributed by atoms with E-state index in [0.717, 1.165) is 0 Å². The number of aldehydes is 1. The topological polar surface area (TPSA) is 125 Å². The Kier molecular flexibility index (Phi) is 11.9. The highest BCUT2D eigenvalue weighted by atomic mass is 127. The molecule has 0 spiro atoms. The number of ether oxygens (including phenoxy) is 2. The molecule has 3 N–H and O–H groups in total. The van der Waals surface area contributed by atoms with E-state index >= 15 is 0 Å². The van der Waals surface area contributed by atoms with Crippen molar-refractivity contribution in [3.05, 3.63) is 68.6 Å². The van der Waals surface area contributed by atoms with Crippen LogP contribution in [-0.2, 0) is 16.0 Å². The number of aliphatic hydroxyl groups is 2. The molecule has 0 fully saturated rings. The van der Waals surface area contributed by atoms with Crippen molar-refractivity contribution in [3.63, 3.8) is 0 Å². The number of benzene rings is 2. The number of halogens is 2. The highest BCUT2D eigenvalue weighted by molar-refractivity contribution is 14.1. The molecule has 0 aromatic heterocycles. The van der Waals surface area contributed by atoms with Crippen LogP contribution in [0.15, 0.2) is 48.0 Å². The van der Waals surface area contributed by atoms with Gasteiger partial charge in [-0.3, -0.25) is 14.4 Å². The van der Waals surface area contributed by atoms with Crippen molar-refractivity contribution >= 4 is 40.7 Å². The fourth-order valence-corrected chi connectivity index (χ4v) is 5.37. The molecule has 3 unspecified atom stereocenters. The van der Waals surface area contributed by atoms with Gasteiger partial charge in [-0.2, -0.15) is 0 Å². The van der Waals surface area contributed by atoms with Crippen molar-refractivity contribution in [1.82, 2.24) is 10.2 Å². The fraction of sp³-hybridized carbons (Fsp3) is 0.414. The number of nitrogens with zero attached hydrogens (tertiary/aromatic N) is 1. The van der Waals surface area contributed by atoms with Gasteiger partial charge in [-0.1, -0.05) is 19.1 Å². The average Bonchev–Trinajstić information content (AvgIpc) is 2.94. The summed E-state index contributed by atoms with van der Waals surface area (Å²) in [4.78, 5) is 39.2. The van der Waals surface area contributed by atoms with Gasteiger partial charge in [0.05, 0.1) is 23.3 Å². The summed E-state index contributed by atoms with van der Waals surface area (Å²) in [5.74, 6) is -0.499. The van der Waals surface area contributed by atoms with Crippen LogP contribution in [0.1, 0.15) is 42.1 Å². The molecule has 0 heterocycles. The number of methoxy groups -OCH3 is 1. The Hall–Kier alpha value is -3.03. The standard InChI is InChI=1S/C29H34FIN2O7/c1-3-5-26(36)33(10-8-18-6-4-7-21(30)12-18)23-15-20(29(38)32-9-11-34)16-24(27(23)37)40-28-22(31)13-19(17-35)14-25(28)39-2/h4,6-7,12-14,16-17,23-24,27,34,37H,3,5,8-11,15H2,1-2H3,(H,32,38). The predicted molar refractivity (Wildman–Crippen MR) is 155 cm³/mol. The predicted octanol–water partition coefficient (Wildman–Crippen LogP) is 3.04. The second-order valence-corrected chi connectivity index (χ2v) is 10.5. The lowest BCUT2D eigenvalue weighted by molar-refractivity contribution is -0.138. The lowest BCUT2D eigenvalue weighted by atomic mass is 9.87. The highest BCUT2D eigenvalue weighted by Gasteiger charge is 2.40. The molecule has 9 nitrogen and oxygen atoms in total. The fourth-order valence-electron chi connectivity index (χ4n) is 4.61. The summed E-state index contributed by atoms with van der Waals surface area (Å²) in [5.41, 5.74) is 1.36. The van der Waals surface area contributed by atoms with Gasteiger partial charge in [0.1, 0.15) is 24.3 Å². The maximum absolute atomic E-state index is 13.8. The van der Waals surface area contributed by atoms with Crippen LogP contribution in [0.25, 0.3) is 0 Å². The quantitative estimate of drug-likeness (QED) is 0.222. The lowest BCUT2D eigenvalue weighted by Gasteiger charge is -2.41. The summed E-state index contributed by atoms with van der Waals surface area (Å²) < 4.78 is 26.0. The molecule has 11 heteroatoms. The van der Waals surface area contributed by atoms with Gasteiger partial charge >= 0.3 is 0 Å². The van der Waals surface area contributed by atoms with Gasteiger partial charge in [0.2, 0.25) is 11.8 Å². The smallest absolute Gasteiger partial charge is 0.247 e. The van der Waals surface area contributed by atoms with Crippen molar-refractivity contribution in [3.8, 4) is 11.5 Å². The van der Waals surface area contributed by atoms with Gasteiger partial charge < -0.3 is 29.9 Å². The second kappa shape index (κ2) is 15.1. The molecule has 2 amide bonds. The molecule has 1 aliphatic carbocycles. The van der Waals surface area contributed by atoms with Gasteiger partial charge in [0.15, 0.2) is 11.5 Å². The van der Waals surface area contributed by atoms with E-state index in [1.165, 1.54) is 31.4 Å². The molecule has 0 aliphatic heterocycles. The first-order valence-corrected chi connectivity index (χ1v) is 14.1. The molecule has 3 rings (SSSR count). The van der Waals surface area contributed by atoms with Crippen LogP contribution < -0.4 is 14.8 Å². The van der Waals surface area contributed by atoms with Crippen molar-refractivity contribution in [2.45, 2.75) is 50.9 Å². The first-order valence-electron chi connectivity index (χ1n) is 13.0. The molecule has 0 saturated heterocycles. The summed E-state index contributed by atoms with van der Waals surface area (Å²) in [6.07, 6.45) is 1.11. The number of amides is 2. The van der Waals surface area contributed by atoms with Gasteiger partial charge in [0.25, 0.3) is 0 Å². The number of hydrogen-bond donors (Lipinski definition) is 3. The molecule has 2 aromatic carbocycles. The van der Waals surface area contributed by atoms with Crippen LogP contribution in [-0.4, -0.2) is 78.3 Å². The van der Waals surface area contributed by atoms with E-state index < -0.39 is 24.2 Å². The summed E-state index contributed by atoms with van der Waals surface area (Å²) in [5, 5.41) is 23.4. The zero-order valence-corrected chi connectivity index (χ0v) is 24.6. The minimum atomic E-state index is -1.23. The molecule has 3 atom stereocenters. The third-order valence-corrected chi connectivity index (χ3v) is 7.37. The van der Waals surface area contributed by atoms with E-state index in [2.05, 4.69) is 5.32 Å². The maximum atomic E-state index is 13.8. The third-order valence-electron chi connectivity index (χ3n) is 6.57. The number of nitrogens with one attached hydrogen (secondary N) is 1. The monoisotopic (exact) mass is 668 g/mol. The molecular weight excluding hydrogens is 634 g/mol. The van der Waals surface area contributed by atoms with E-state index in [0.29, 0.717) is 33.8 Å². The number of carbonyl (C=O) groups is 3. The third kappa shape index (κ3) is 8.01. The van der Waals surface area contributed by atoms with Gasteiger partial charge in [-0.25, -0.2) is 4.39 Å². The summed E-state index contributed by atoms with van der Waals surface area (Å²) in [6.45, 7) is 1.85. The summed E-state index contributed by atoms with van der Waals surface area (Å²) in [7, 11) is 1.42. The molecule has 0 radical (unpaired) electrons. The summed E-state index contributed by atoms with van der Waals surface area (Å²) in [6, 6.07) is 8.39. The number of rotatable bonds is 13. The van der Waals surface area contributed by atoms with Crippen LogP contribution in [0.2, 0.25) is 0 Å². The minimum absolute atomic E-state index is 0.0336. The van der Waals surface area contributed by atoms with Crippen molar-refractivity contribution in [1.29, 1.82) is 0 Å². The Balaban J connectivity index is 1.99. The Morgan fingerprint density at radius 1 is 1.27 bits per heavy atom. The van der Waals surface area contributed by atoms with Crippen molar-refractivity contribution < 1.29 is 38.5 Å². The maximum Gasteiger partial charge on any atom is 0.247 e. The molecule has 40 heavy (non-hydrogen) atoms. The molecule has 1 aliphatic rings. The molecular formula is C29H34FIN2O7. The first kappa shape index (κ1) is 31.5. The largest absolute Gasteiger partial charge is 0.493 e. The first-order chi connectivity index (χ1) is 19.2. The van der Waals surface area contributed by atoms with Gasteiger partial charge in [-0.05, 0) is 71.3 Å². The minimum Gasteiger partial charge on any atom is -0.493 e. The van der Waals surface area contributed by atoms with Gasteiger partial charge in [0, 0.05) is 37.1 Å². The Morgan fingerprint density at radius 3 is 2.70 bits per heavy atom. The average molecular weight is 669 g/mol. The molecule has 216 valence electrons. The van der Waals surface area contributed by atoms with Crippen LogP contribution in [0, 0.1) is 9.39 Å². The molecule has 0 saturated carbocycles. The zero-order valence-electron chi connectivity index (χ0n) is 22.4. The highest BCUT2D eigenvalue weighted by Crippen LogP contribution is 2.37. The SMILES string of the molecule is CCCC(=O)N(CCc1cccc(F)c1)C1CC(C(=O)NCCO)=CC(Oc2c(I)cc(C=O)cc2OC)C1O. The van der Waals surface area contributed by atoms with E-state index in [9.17, 15) is 29.0 Å². The number of carbonyl (C=O) groups excluding carboxylic acids is 3.